The van der Waals surface area contributed by atoms with Gasteiger partial charge in [0.05, 0.1) is 10.2 Å². The second-order valence-corrected chi connectivity index (χ2v) is 6.60. The molecule has 0 saturated carbocycles. The van der Waals surface area contributed by atoms with E-state index in [0.717, 1.165) is 27.1 Å². The Hall–Kier alpha value is -2.40. The van der Waals surface area contributed by atoms with Gasteiger partial charge in [0.1, 0.15) is 5.75 Å². The maximum Gasteiger partial charge on any atom is 0.266 e. The van der Waals surface area contributed by atoms with Gasteiger partial charge < -0.3 is 4.74 Å². The van der Waals surface area contributed by atoms with E-state index >= 15 is 0 Å². The van der Waals surface area contributed by atoms with Crippen molar-refractivity contribution in [3.63, 3.8) is 0 Å². The van der Waals surface area contributed by atoms with Gasteiger partial charge in [0.25, 0.3) is 5.91 Å². The van der Waals surface area contributed by atoms with E-state index in [-0.39, 0.29) is 12.5 Å². The van der Waals surface area contributed by atoms with E-state index in [2.05, 4.69) is 4.98 Å². The Morgan fingerprint density at radius 3 is 2.71 bits per heavy atom. The molecule has 0 aliphatic carbocycles. The Bertz CT molecular complexity index is 840. The third kappa shape index (κ3) is 3.26. The number of fused-ring (bicyclic) bond motifs is 1. The summed E-state index contributed by atoms with van der Waals surface area (Å²) in [5.41, 5.74) is 3.13. The van der Waals surface area contributed by atoms with Gasteiger partial charge in [-0.25, -0.2) is 4.98 Å². The van der Waals surface area contributed by atoms with Crippen LogP contribution in [-0.4, -0.2) is 24.0 Å². The summed E-state index contributed by atoms with van der Waals surface area (Å²) in [7, 11) is 0. The molecule has 2 aromatic carbocycles. The number of amides is 1. The lowest BCUT2D eigenvalue weighted by Crippen LogP contribution is -2.34. The topological polar surface area (TPSA) is 42.4 Å². The number of ether oxygens (including phenoxy) is 1. The third-order valence-electron chi connectivity index (χ3n) is 4.04. The first-order valence-corrected chi connectivity index (χ1v) is 8.76. The molecule has 24 heavy (non-hydrogen) atoms. The van der Waals surface area contributed by atoms with Crippen LogP contribution in [-0.2, 0) is 4.79 Å². The molecule has 0 fully saturated rings. The van der Waals surface area contributed by atoms with Gasteiger partial charge in [-0.05, 0) is 50.1 Å². The highest BCUT2D eigenvalue weighted by atomic mass is 32.1. The average molecular weight is 340 g/mol. The van der Waals surface area contributed by atoms with Crippen molar-refractivity contribution in [1.29, 1.82) is 0 Å². The van der Waals surface area contributed by atoms with Crippen LogP contribution in [0.1, 0.15) is 18.1 Å². The minimum atomic E-state index is -0.0857. The van der Waals surface area contributed by atoms with Gasteiger partial charge in [-0.3, -0.25) is 9.69 Å². The van der Waals surface area contributed by atoms with Gasteiger partial charge in [-0.1, -0.05) is 35.6 Å². The number of para-hydroxylation sites is 1. The molecule has 0 N–H and O–H groups in total. The minimum Gasteiger partial charge on any atom is -0.483 e. The summed E-state index contributed by atoms with van der Waals surface area (Å²) in [5, 5.41) is 0.716. The number of carbonyl (C=O) groups excluding carboxylic acids is 1. The number of thiazole rings is 1. The molecule has 0 unspecified atom stereocenters. The largest absolute Gasteiger partial charge is 0.483 e. The predicted octanol–water partition coefficient (Wildman–Crippen LogP) is 4.35. The summed E-state index contributed by atoms with van der Waals surface area (Å²) >= 11 is 1.52. The molecule has 0 radical (unpaired) electrons. The Balaban J connectivity index is 1.75. The molecule has 3 rings (SSSR count). The summed E-state index contributed by atoms with van der Waals surface area (Å²) in [5.74, 6) is 0.668. The van der Waals surface area contributed by atoms with Gasteiger partial charge in [0.15, 0.2) is 11.7 Å². The Morgan fingerprint density at radius 1 is 1.17 bits per heavy atom. The smallest absolute Gasteiger partial charge is 0.266 e. The number of hydrogen-bond acceptors (Lipinski definition) is 4. The second-order valence-electron chi connectivity index (χ2n) is 5.59. The average Bonchev–Trinajstić information content (AvgIpc) is 3.00. The van der Waals surface area contributed by atoms with Crippen LogP contribution in [0.4, 0.5) is 5.13 Å². The van der Waals surface area contributed by atoms with Crippen LogP contribution in [0, 0.1) is 13.8 Å². The Morgan fingerprint density at radius 2 is 1.96 bits per heavy atom. The zero-order valence-corrected chi connectivity index (χ0v) is 14.9. The standard InChI is InChI=1S/C19H20N2O2S/c1-4-21(19-20-15-9-5-6-11-17(15)24-19)18(22)12-23-16-10-7-8-13(2)14(16)3/h5-11H,4,12H2,1-3H3. The monoisotopic (exact) mass is 340 g/mol. The fourth-order valence-electron chi connectivity index (χ4n) is 2.49. The molecular formula is C19H20N2O2S. The number of aromatic nitrogens is 1. The molecule has 5 heteroatoms. The first-order valence-electron chi connectivity index (χ1n) is 7.95. The van der Waals surface area contributed by atoms with Crippen LogP contribution in [0.5, 0.6) is 5.75 Å². The van der Waals surface area contributed by atoms with Crippen molar-refractivity contribution in [1.82, 2.24) is 4.98 Å². The third-order valence-corrected chi connectivity index (χ3v) is 5.10. The molecular weight excluding hydrogens is 320 g/mol. The fourth-order valence-corrected chi connectivity index (χ4v) is 3.54. The second kappa shape index (κ2) is 7.01. The minimum absolute atomic E-state index is 0.00799. The molecule has 0 aliphatic rings. The summed E-state index contributed by atoms with van der Waals surface area (Å²) in [6.07, 6.45) is 0. The molecule has 0 spiro atoms. The van der Waals surface area contributed by atoms with Crippen LogP contribution in [0.2, 0.25) is 0 Å². The van der Waals surface area contributed by atoms with Crippen molar-refractivity contribution < 1.29 is 9.53 Å². The zero-order chi connectivity index (χ0) is 17.1. The van der Waals surface area contributed by atoms with E-state index in [0.29, 0.717) is 11.7 Å². The summed E-state index contributed by atoms with van der Waals surface area (Å²) in [6, 6.07) is 13.8. The molecule has 124 valence electrons. The van der Waals surface area contributed by atoms with E-state index in [1.165, 1.54) is 11.3 Å². The lowest BCUT2D eigenvalue weighted by atomic mass is 10.1. The lowest BCUT2D eigenvalue weighted by molar-refractivity contribution is -0.120. The molecule has 0 saturated heterocycles. The number of carbonyl (C=O) groups is 1. The molecule has 0 atom stereocenters. The zero-order valence-electron chi connectivity index (χ0n) is 14.1. The van der Waals surface area contributed by atoms with E-state index in [9.17, 15) is 4.79 Å². The van der Waals surface area contributed by atoms with Crippen LogP contribution < -0.4 is 9.64 Å². The van der Waals surface area contributed by atoms with E-state index in [1.54, 1.807) is 4.90 Å². The van der Waals surface area contributed by atoms with Gasteiger partial charge >= 0.3 is 0 Å². The first kappa shape index (κ1) is 16.5. The number of likely N-dealkylation sites (N-methyl/N-ethyl adjacent to an activating group) is 1. The molecule has 1 heterocycles. The highest BCUT2D eigenvalue weighted by Gasteiger charge is 2.19. The SMILES string of the molecule is CCN(C(=O)COc1cccc(C)c1C)c1nc2ccccc2s1. The van der Waals surface area contributed by atoms with Gasteiger partial charge in [0, 0.05) is 6.54 Å². The normalized spacial score (nSPS) is 10.8. The maximum absolute atomic E-state index is 12.6. The van der Waals surface area contributed by atoms with Crippen molar-refractivity contribution in [2.24, 2.45) is 0 Å². The maximum atomic E-state index is 12.6. The summed E-state index contributed by atoms with van der Waals surface area (Å²) < 4.78 is 6.82. The molecule has 0 bridgehead atoms. The van der Waals surface area contributed by atoms with Crippen molar-refractivity contribution >= 4 is 32.6 Å². The molecule has 0 aliphatic heterocycles. The van der Waals surface area contributed by atoms with Gasteiger partial charge in [-0.2, -0.15) is 0 Å². The quantitative estimate of drug-likeness (QED) is 0.694. The molecule has 1 aromatic heterocycles. The van der Waals surface area contributed by atoms with Gasteiger partial charge in [-0.15, -0.1) is 0 Å². The Kier molecular flexibility index (Phi) is 4.81. The van der Waals surface area contributed by atoms with Crippen molar-refractivity contribution in [3.8, 4) is 5.75 Å². The summed E-state index contributed by atoms with van der Waals surface area (Å²) in [4.78, 5) is 18.8. The van der Waals surface area contributed by atoms with Crippen molar-refractivity contribution in [2.45, 2.75) is 20.8 Å². The van der Waals surface area contributed by atoms with Crippen LogP contribution in [0.15, 0.2) is 42.5 Å². The summed E-state index contributed by atoms with van der Waals surface area (Å²) in [6.45, 7) is 6.55. The van der Waals surface area contributed by atoms with Crippen molar-refractivity contribution in [2.75, 3.05) is 18.1 Å². The highest BCUT2D eigenvalue weighted by molar-refractivity contribution is 7.22. The van der Waals surface area contributed by atoms with Crippen molar-refractivity contribution in [3.05, 3.63) is 53.6 Å². The number of rotatable bonds is 5. The molecule has 1 amide bonds. The molecule has 3 aromatic rings. The van der Waals surface area contributed by atoms with E-state index in [1.807, 2.05) is 63.2 Å². The number of aryl methyl sites for hydroxylation is 1. The number of nitrogens with zero attached hydrogens (tertiary/aromatic N) is 2. The number of benzene rings is 2. The molecule has 4 nitrogen and oxygen atoms in total. The van der Waals surface area contributed by atoms with E-state index < -0.39 is 0 Å². The van der Waals surface area contributed by atoms with Crippen LogP contribution >= 0.6 is 11.3 Å². The van der Waals surface area contributed by atoms with E-state index in [4.69, 9.17) is 4.74 Å². The van der Waals surface area contributed by atoms with Crippen LogP contribution in [0.3, 0.4) is 0 Å². The number of hydrogen-bond donors (Lipinski definition) is 0. The van der Waals surface area contributed by atoms with Crippen LogP contribution in [0.25, 0.3) is 10.2 Å². The predicted molar refractivity (Wildman–Crippen MR) is 99.1 cm³/mol. The lowest BCUT2D eigenvalue weighted by Gasteiger charge is -2.18. The fraction of sp³-hybridized carbons (Fsp3) is 0.263. The number of anilines is 1. The van der Waals surface area contributed by atoms with Gasteiger partial charge in [0.2, 0.25) is 0 Å². The Labute approximate surface area is 145 Å². The highest BCUT2D eigenvalue weighted by Crippen LogP contribution is 2.28. The first-order chi connectivity index (χ1) is 11.6.